The summed E-state index contributed by atoms with van der Waals surface area (Å²) in [6, 6.07) is 18.8. The highest BCUT2D eigenvalue weighted by Gasteiger charge is 2.17. The monoisotopic (exact) mass is 422 g/mol. The Morgan fingerprint density at radius 3 is 2.60 bits per heavy atom. The minimum absolute atomic E-state index is 0.203. The molecule has 0 aliphatic carbocycles. The van der Waals surface area contributed by atoms with Crippen molar-refractivity contribution >= 4 is 22.7 Å². The topological polar surface area (TPSA) is 53.4 Å². The second-order valence-corrected chi connectivity index (χ2v) is 7.45. The normalized spacial score (nSPS) is 10.9. The number of methoxy groups -OCH3 is 2. The Hall–Kier alpha value is -3.32. The molecule has 5 nitrogen and oxygen atoms in total. The third kappa shape index (κ3) is 3.89. The van der Waals surface area contributed by atoms with Crippen LogP contribution in [0.15, 0.2) is 76.7 Å². The molecule has 3 aromatic carbocycles. The highest BCUT2D eigenvalue weighted by molar-refractivity contribution is 7.98. The Morgan fingerprint density at radius 1 is 1.00 bits per heavy atom. The molecule has 0 N–H and O–H groups in total. The second-order valence-electron chi connectivity index (χ2n) is 6.51. The lowest BCUT2D eigenvalue weighted by Crippen LogP contribution is -2.22. The average Bonchev–Trinajstić information content (AvgIpc) is 2.77. The summed E-state index contributed by atoms with van der Waals surface area (Å²) in [7, 11) is 3.11. The fourth-order valence-corrected chi connectivity index (χ4v) is 4.11. The zero-order valence-corrected chi connectivity index (χ0v) is 17.3. The molecule has 0 atom stereocenters. The molecule has 0 aliphatic rings. The maximum Gasteiger partial charge on any atom is 0.266 e. The Labute approximate surface area is 177 Å². The Morgan fingerprint density at radius 2 is 1.83 bits per heavy atom. The summed E-state index contributed by atoms with van der Waals surface area (Å²) in [5, 5.41) is 0.997. The average molecular weight is 422 g/mol. The van der Waals surface area contributed by atoms with Crippen LogP contribution >= 0.6 is 11.8 Å². The third-order valence-electron chi connectivity index (χ3n) is 4.63. The highest BCUT2D eigenvalue weighted by Crippen LogP contribution is 2.31. The first kappa shape index (κ1) is 20.0. The summed E-state index contributed by atoms with van der Waals surface area (Å²) < 4.78 is 25.9. The van der Waals surface area contributed by atoms with E-state index in [1.165, 1.54) is 35.6 Å². The van der Waals surface area contributed by atoms with Crippen molar-refractivity contribution < 1.29 is 13.9 Å². The standard InChI is InChI=1S/C23H19FN2O3S/c1-28-17-10-11-20(21(13-17)29-2)26-22(27)18-8-3-4-9-19(18)25-23(26)30-14-15-6-5-7-16(24)12-15/h3-13H,14H2,1-2H3. The molecule has 4 aromatic rings. The van der Waals surface area contributed by atoms with Crippen LogP contribution in [0, 0.1) is 5.82 Å². The van der Waals surface area contributed by atoms with Gasteiger partial charge >= 0.3 is 0 Å². The van der Waals surface area contributed by atoms with Gasteiger partial charge in [0.2, 0.25) is 0 Å². The van der Waals surface area contributed by atoms with Gasteiger partial charge in [0.1, 0.15) is 17.3 Å². The Bertz CT molecular complexity index is 1270. The van der Waals surface area contributed by atoms with E-state index < -0.39 is 0 Å². The smallest absolute Gasteiger partial charge is 0.266 e. The van der Waals surface area contributed by atoms with Crippen LogP contribution in [0.4, 0.5) is 4.39 Å². The van der Waals surface area contributed by atoms with Crippen LogP contribution in [0.2, 0.25) is 0 Å². The largest absolute Gasteiger partial charge is 0.497 e. The van der Waals surface area contributed by atoms with Gasteiger partial charge in [0.05, 0.1) is 30.8 Å². The van der Waals surface area contributed by atoms with E-state index in [9.17, 15) is 9.18 Å². The van der Waals surface area contributed by atoms with Crippen LogP contribution < -0.4 is 15.0 Å². The van der Waals surface area contributed by atoms with Crippen LogP contribution in [0.5, 0.6) is 11.5 Å². The van der Waals surface area contributed by atoms with E-state index in [0.29, 0.717) is 39.0 Å². The quantitative estimate of drug-likeness (QED) is 0.329. The van der Waals surface area contributed by atoms with Crippen molar-refractivity contribution in [3.8, 4) is 17.2 Å². The molecule has 1 heterocycles. The molecule has 30 heavy (non-hydrogen) atoms. The summed E-state index contributed by atoms with van der Waals surface area (Å²) in [6.45, 7) is 0. The SMILES string of the molecule is COc1ccc(-n2c(SCc3cccc(F)c3)nc3ccccc3c2=O)c(OC)c1. The predicted octanol–water partition coefficient (Wildman–Crippen LogP) is 4.83. The van der Waals surface area contributed by atoms with E-state index in [2.05, 4.69) is 0 Å². The van der Waals surface area contributed by atoms with Gasteiger partial charge in [0.15, 0.2) is 5.16 Å². The number of para-hydroxylation sites is 1. The van der Waals surface area contributed by atoms with Crippen LogP contribution in [-0.2, 0) is 5.75 Å². The summed E-state index contributed by atoms with van der Waals surface area (Å²) in [4.78, 5) is 18.1. The van der Waals surface area contributed by atoms with E-state index in [1.54, 1.807) is 49.6 Å². The number of hydrogen-bond acceptors (Lipinski definition) is 5. The molecular formula is C23H19FN2O3S. The number of benzene rings is 3. The first-order valence-electron chi connectivity index (χ1n) is 9.22. The van der Waals surface area contributed by atoms with Gasteiger partial charge in [0, 0.05) is 11.8 Å². The lowest BCUT2D eigenvalue weighted by atomic mass is 10.2. The maximum absolute atomic E-state index is 13.6. The number of thioether (sulfide) groups is 1. The molecule has 152 valence electrons. The van der Waals surface area contributed by atoms with Crippen molar-refractivity contribution in [2.24, 2.45) is 0 Å². The number of hydrogen-bond donors (Lipinski definition) is 0. The zero-order chi connectivity index (χ0) is 21.1. The highest BCUT2D eigenvalue weighted by atomic mass is 32.2. The molecule has 1 aromatic heterocycles. The van der Waals surface area contributed by atoms with E-state index in [1.807, 2.05) is 12.1 Å². The van der Waals surface area contributed by atoms with Crippen LogP contribution in [0.3, 0.4) is 0 Å². The Kier molecular flexibility index (Phi) is 5.72. The van der Waals surface area contributed by atoms with Crippen molar-refractivity contribution in [2.75, 3.05) is 14.2 Å². The molecule has 7 heteroatoms. The fourth-order valence-electron chi connectivity index (χ4n) is 3.17. The summed E-state index contributed by atoms with van der Waals surface area (Å²) in [5.41, 5.74) is 1.76. The van der Waals surface area contributed by atoms with Crippen molar-refractivity contribution in [3.05, 3.63) is 88.5 Å². The number of fused-ring (bicyclic) bond motifs is 1. The van der Waals surface area contributed by atoms with E-state index >= 15 is 0 Å². The number of nitrogens with zero attached hydrogens (tertiary/aromatic N) is 2. The van der Waals surface area contributed by atoms with Gasteiger partial charge < -0.3 is 9.47 Å². The van der Waals surface area contributed by atoms with Gasteiger partial charge in [-0.15, -0.1) is 0 Å². The minimum atomic E-state index is -0.297. The van der Waals surface area contributed by atoms with Crippen molar-refractivity contribution in [3.63, 3.8) is 0 Å². The minimum Gasteiger partial charge on any atom is -0.497 e. The van der Waals surface area contributed by atoms with Crippen LogP contribution in [0.25, 0.3) is 16.6 Å². The number of halogens is 1. The van der Waals surface area contributed by atoms with Crippen molar-refractivity contribution in [1.29, 1.82) is 0 Å². The molecule has 0 amide bonds. The second kappa shape index (κ2) is 8.59. The Balaban J connectivity index is 1.88. The first-order chi connectivity index (χ1) is 14.6. The molecule has 0 bridgehead atoms. The maximum atomic E-state index is 13.6. The van der Waals surface area contributed by atoms with Gasteiger partial charge in [-0.05, 0) is 42.0 Å². The molecule has 0 spiro atoms. The van der Waals surface area contributed by atoms with Crippen LogP contribution in [-0.4, -0.2) is 23.8 Å². The fraction of sp³-hybridized carbons (Fsp3) is 0.130. The van der Waals surface area contributed by atoms with Gasteiger partial charge in [-0.2, -0.15) is 0 Å². The molecule has 0 unspecified atom stereocenters. The predicted molar refractivity (Wildman–Crippen MR) is 116 cm³/mol. The summed E-state index contributed by atoms with van der Waals surface area (Å²) in [6.07, 6.45) is 0. The molecule has 0 radical (unpaired) electrons. The molecule has 0 aliphatic heterocycles. The lowest BCUT2D eigenvalue weighted by molar-refractivity contribution is 0.392. The third-order valence-corrected chi connectivity index (χ3v) is 5.64. The van der Waals surface area contributed by atoms with Gasteiger partial charge in [-0.1, -0.05) is 36.0 Å². The first-order valence-corrected chi connectivity index (χ1v) is 10.2. The summed E-state index contributed by atoms with van der Waals surface area (Å²) >= 11 is 1.36. The van der Waals surface area contributed by atoms with E-state index in [4.69, 9.17) is 14.5 Å². The van der Waals surface area contributed by atoms with E-state index in [-0.39, 0.29) is 11.4 Å². The molecule has 0 saturated heterocycles. The molecule has 0 fully saturated rings. The van der Waals surface area contributed by atoms with Gasteiger partial charge in [-0.25, -0.2) is 9.37 Å². The number of ether oxygens (including phenoxy) is 2. The summed E-state index contributed by atoms with van der Waals surface area (Å²) in [5.74, 6) is 1.27. The zero-order valence-electron chi connectivity index (χ0n) is 16.5. The van der Waals surface area contributed by atoms with Gasteiger partial charge in [-0.3, -0.25) is 9.36 Å². The lowest BCUT2D eigenvalue weighted by Gasteiger charge is -2.16. The van der Waals surface area contributed by atoms with Crippen LogP contribution in [0.1, 0.15) is 5.56 Å². The number of rotatable bonds is 6. The molecule has 0 saturated carbocycles. The van der Waals surface area contributed by atoms with Crippen molar-refractivity contribution in [2.45, 2.75) is 10.9 Å². The van der Waals surface area contributed by atoms with Gasteiger partial charge in [0.25, 0.3) is 5.56 Å². The van der Waals surface area contributed by atoms with E-state index in [0.717, 1.165) is 5.56 Å². The van der Waals surface area contributed by atoms with Crippen molar-refractivity contribution in [1.82, 2.24) is 9.55 Å². The molecule has 4 rings (SSSR count). The number of aromatic nitrogens is 2. The molecular weight excluding hydrogens is 403 g/mol.